The lowest BCUT2D eigenvalue weighted by molar-refractivity contribution is -0.120. The summed E-state index contributed by atoms with van der Waals surface area (Å²) in [6.07, 6.45) is 2.88. The zero-order valence-corrected chi connectivity index (χ0v) is 27.0. The Morgan fingerprint density at radius 2 is 1.71 bits per heavy atom. The van der Waals surface area contributed by atoms with Gasteiger partial charge in [0.05, 0.1) is 51.7 Å². The first-order valence-electron chi connectivity index (χ1n) is 15.4. The summed E-state index contributed by atoms with van der Waals surface area (Å²) in [6, 6.07) is 9.09. The number of hydrogen-bond donors (Lipinski definition) is 6. The number of fused-ring (bicyclic) bond motifs is 5. The van der Waals surface area contributed by atoms with Crippen LogP contribution in [-0.4, -0.2) is 44.5 Å². The molecule has 14 nitrogen and oxygen atoms in total. The van der Waals surface area contributed by atoms with Crippen molar-refractivity contribution in [1.29, 1.82) is 0 Å². The van der Waals surface area contributed by atoms with E-state index < -0.39 is 82.5 Å². The van der Waals surface area contributed by atoms with E-state index in [1.165, 1.54) is 12.3 Å². The second-order valence-electron chi connectivity index (χ2n) is 12.4. The molecular formula is C36H23ClN4O10. The van der Waals surface area contributed by atoms with Crippen LogP contribution in [-0.2, 0) is 23.1 Å². The number of hydrazone groups is 1. The smallest absolute Gasteiger partial charge is 0.260 e. The van der Waals surface area contributed by atoms with Crippen molar-refractivity contribution in [2.45, 2.75) is 24.7 Å². The van der Waals surface area contributed by atoms with Gasteiger partial charge in [-0.05, 0) is 53.6 Å². The van der Waals surface area contributed by atoms with E-state index in [0.29, 0.717) is 16.1 Å². The van der Waals surface area contributed by atoms with Gasteiger partial charge in [-0.3, -0.25) is 28.8 Å². The maximum atomic E-state index is 13.7. The van der Waals surface area contributed by atoms with Gasteiger partial charge >= 0.3 is 0 Å². The summed E-state index contributed by atoms with van der Waals surface area (Å²) in [7, 11) is 1.11. The molecule has 0 bridgehead atoms. The van der Waals surface area contributed by atoms with Gasteiger partial charge in [0.1, 0.15) is 22.7 Å². The number of pyridine rings is 1. The van der Waals surface area contributed by atoms with E-state index >= 15 is 0 Å². The molecule has 254 valence electrons. The van der Waals surface area contributed by atoms with Gasteiger partial charge in [0.2, 0.25) is 22.2 Å². The van der Waals surface area contributed by atoms with Gasteiger partial charge in [-0.2, -0.15) is 5.10 Å². The minimum Gasteiger partial charge on any atom is -0.510 e. The Bertz CT molecular complexity index is 3100. The van der Waals surface area contributed by atoms with E-state index in [2.05, 4.69) is 20.5 Å². The van der Waals surface area contributed by atoms with Crippen LogP contribution in [0.4, 0.5) is 0 Å². The molecule has 1 amide bonds. The van der Waals surface area contributed by atoms with E-state index in [1.807, 2.05) is 0 Å². The van der Waals surface area contributed by atoms with Gasteiger partial charge in [-0.25, -0.2) is 5.43 Å². The fourth-order valence-electron chi connectivity index (χ4n) is 7.52. The van der Waals surface area contributed by atoms with Crippen LogP contribution in [0.2, 0.25) is 5.02 Å². The van der Waals surface area contributed by atoms with E-state index in [-0.39, 0.29) is 41.3 Å². The number of nitrogens with zero attached hydrogens (tertiary/aromatic N) is 1. The van der Waals surface area contributed by atoms with Crippen molar-refractivity contribution < 1.29 is 24.9 Å². The monoisotopic (exact) mass is 706 g/mol. The number of nitrogens with one attached hydrogen (secondary N) is 3. The Hall–Kier alpha value is -6.54. The highest BCUT2D eigenvalue weighted by Crippen LogP contribution is 2.54. The molecule has 4 aliphatic rings. The third-order valence-corrected chi connectivity index (χ3v) is 9.98. The van der Waals surface area contributed by atoms with Crippen LogP contribution in [0.5, 0.6) is 11.5 Å². The Balaban J connectivity index is 1.19. The summed E-state index contributed by atoms with van der Waals surface area (Å²) in [4.78, 5) is 84.7. The fourth-order valence-corrected chi connectivity index (χ4v) is 7.69. The lowest BCUT2D eigenvalue weighted by atomic mass is 9.78. The minimum atomic E-state index is -2.02. The Morgan fingerprint density at radius 1 is 0.980 bits per heavy atom. The van der Waals surface area contributed by atoms with Crippen LogP contribution >= 0.6 is 11.6 Å². The average Bonchev–Trinajstić information content (AvgIpc) is 3.74. The second kappa shape index (κ2) is 11.0. The number of phenolic OH excluding ortho intramolecular Hbond substituents is 1. The van der Waals surface area contributed by atoms with Crippen molar-refractivity contribution in [3.63, 3.8) is 0 Å². The molecule has 0 radical (unpaired) electrons. The highest BCUT2D eigenvalue weighted by Gasteiger charge is 2.53. The standard InChI is InChI=1S/C36H23ClN4O10/c1-51-21-10-20(42)24-25(29(21)44)31(46)27-26(30(24)45)33(48)36(34(27)49)5-4-13-6-14-7-17(40-35(50)23(14)32(47)28(13)36)12-39-41-22(43)8-15-11-38-19-3-2-16(37)9-18(15)19/h2-3,6-7,9-12,38,47-49H,4-5,8H2,1H3,(H,40,50)(H,41,43)/t36-/m0/s1. The third kappa shape index (κ3) is 4.32. The van der Waals surface area contributed by atoms with Gasteiger partial charge in [0, 0.05) is 33.8 Å². The number of aromatic amines is 2. The van der Waals surface area contributed by atoms with Crippen LogP contribution in [0, 0.1) is 10.4 Å². The van der Waals surface area contributed by atoms with Gasteiger partial charge in [0.25, 0.3) is 5.56 Å². The highest BCUT2D eigenvalue weighted by molar-refractivity contribution is 6.31. The molecule has 0 saturated heterocycles. The molecule has 2 aromatic carbocycles. The first kappa shape index (κ1) is 31.7. The lowest BCUT2D eigenvalue weighted by Crippen LogP contribution is -2.51. The number of benzene rings is 2. The number of rotatable bonds is 5. The molecule has 0 unspecified atom stereocenters. The number of carbonyl (C=O) groups is 1. The maximum absolute atomic E-state index is 13.7. The zero-order valence-electron chi connectivity index (χ0n) is 26.3. The highest BCUT2D eigenvalue weighted by atomic mass is 35.5. The quantitative estimate of drug-likeness (QED) is 0.106. The first-order chi connectivity index (χ1) is 24.4. The molecule has 2 aromatic heterocycles. The minimum absolute atomic E-state index is 0.00667. The molecular weight excluding hydrogens is 684 g/mol. The first-order valence-corrected chi connectivity index (χ1v) is 15.8. The fraction of sp³-hybridized carbons (Fsp3) is 0.139. The molecule has 51 heavy (non-hydrogen) atoms. The van der Waals surface area contributed by atoms with Crippen LogP contribution in [0.1, 0.15) is 28.8 Å². The Kier molecular flexibility index (Phi) is 6.83. The van der Waals surface area contributed by atoms with Crippen LogP contribution in [0.25, 0.3) is 33.2 Å². The number of phenols is 1. The summed E-state index contributed by atoms with van der Waals surface area (Å²) in [5.41, 5.74) is -2.74. The Morgan fingerprint density at radius 3 is 2.43 bits per heavy atom. The Labute approximate surface area is 287 Å². The number of carbonyl (C=O) groups excluding carboxylic acids is 1. The van der Waals surface area contributed by atoms with E-state index in [1.54, 1.807) is 30.5 Å². The summed E-state index contributed by atoms with van der Waals surface area (Å²) < 4.78 is 4.90. The number of hydrogen-bond acceptors (Lipinski definition) is 11. The maximum Gasteiger partial charge on any atom is 0.260 e. The lowest BCUT2D eigenvalue weighted by Gasteiger charge is -2.27. The molecule has 15 heteroatoms. The number of halogens is 1. The van der Waals surface area contributed by atoms with Crippen LogP contribution in [0.3, 0.4) is 0 Å². The molecule has 0 saturated carbocycles. The molecule has 0 aliphatic heterocycles. The van der Waals surface area contributed by atoms with Crippen molar-refractivity contribution in [1.82, 2.24) is 15.4 Å². The molecule has 1 spiro atoms. The number of aromatic hydroxyl groups is 1. The van der Waals surface area contributed by atoms with Crippen molar-refractivity contribution >= 4 is 56.9 Å². The van der Waals surface area contributed by atoms with Gasteiger partial charge in [-0.1, -0.05) is 17.7 Å². The summed E-state index contributed by atoms with van der Waals surface area (Å²) in [5, 5.41) is 37.2. The molecule has 2 heterocycles. The van der Waals surface area contributed by atoms with Crippen molar-refractivity contribution in [2.75, 3.05) is 7.11 Å². The molecule has 0 fully saturated rings. The molecule has 1 atom stereocenters. The number of aryl methyl sites for hydroxylation is 1. The molecule has 6 N–H and O–H groups in total. The van der Waals surface area contributed by atoms with Crippen molar-refractivity contribution in [2.24, 2.45) is 5.10 Å². The van der Waals surface area contributed by atoms with Gasteiger partial charge in [0.15, 0.2) is 11.2 Å². The predicted octanol–water partition coefficient (Wildman–Crippen LogP) is 0.341. The molecule has 8 rings (SSSR count). The average molecular weight is 707 g/mol. The van der Waals surface area contributed by atoms with E-state index in [4.69, 9.17) is 16.3 Å². The third-order valence-electron chi connectivity index (χ3n) is 9.75. The summed E-state index contributed by atoms with van der Waals surface area (Å²) in [5.74, 6) is -3.12. The van der Waals surface area contributed by atoms with E-state index in [0.717, 1.165) is 24.1 Å². The van der Waals surface area contributed by atoms with Crippen molar-refractivity contribution in [3.8, 4) is 11.5 Å². The number of methoxy groups -OCH3 is 1. The number of H-pyrrole nitrogens is 2. The van der Waals surface area contributed by atoms with E-state index in [9.17, 15) is 44.1 Å². The molecule has 4 aromatic rings. The van der Waals surface area contributed by atoms with Crippen LogP contribution < -0.4 is 47.9 Å². The zero-order chi connectivity index (χ0) is 36.1. The van der Waals surface area contributed by atoms with Gasteiger partial charge in [-0.15, -0.1) is 0 Å². The molecule has 4 aliphatic carbocycles. The number of aromatic nitrogens is 2. The number of amides is 1. The van der Waals surface area contributed by atoms with Crippen molar-refractivity contribution in [3.05, 3.63) is 142 Å². The largest absolute Gasteiger partial charge is 0.510 e. The number of ether oxygens (including phenoxy) is 1. The van der Waals surface area contributed by atoms with Gasteiger partial charge < -0.3 is 30.0 Å². The second-order valence-corrected chi connectivity index (χ2v) is 12.9. The topological polar surface area (TPSA) is 228 Å². The van der Waals surface area contributed by atoms with Crippen LogP contribution in [0.15, 0.2) is 71.7 Å². The summed E-state index contributed by atoms with van der Waals surface area (Å²) >= 11 is 6.09. The normalized spacial score (nSPS) is 16.6. The SMILES string of the molecule is COc1cc(=O)c2c(=O)c3c(c(=O)c=2c1=O)=C(O)[C@]1(CCc2cc4cc(C=NNC(=O)Cc5c[nH]c6ccc(Cl)cc56)[nH]c(=O)c4c(O)c21)C=3O. The predicted molar refractivity (Wildman–Crippen MR) is 186 cm³/mol. The number of aliphatic hydroxyl groups excluding tert-OH is 2. The number of aliphatic hydroxyl groups is 2. The summed E-state index contributed by atoms with van der Waals surface area (Å²) in [6.45, 7) is 0.